The number of nitrogens with one attached hydrogen (secondary N) is 1. The van der Waals surface area contributed by atoms with Crippen molar-refractivity contribution < 1.29 is 4.74 Å². The Kier molecular flexibility index (Phi) is 5.06. The van der Waals surface area contributed by atoms with E-state index < -0.39 is 0 Å². The van der Waals surface area contributed by atoms with Crippen LogP contribution in [0.4, 0.5) is 5.69 Å². The average molecular weight is 247 g/mol. The SMILES string of the molecule is CCCc1ccccc1NC1CCC(OC)CC1. The number of hydrogen-bond acceptors (Lipinski definition) is 2. The molecule has 0 aliphatic heterocycles. The molecular formula is C16H25NO. The number of hydrogen-bond donors (Lipinski definition) is 1. The van der Waals surface area contributed by atoms with Crippen molar-refractivity contribution in [3.05, 3.63) is 29.8 Å². The van der Waals surface area contributed by atoms with Crippen LogP contribution in [0.5, 0.6) is 0 Å². The van der Waals surface area contributed by atoms with E-state index in [0.717, 1.165) is 6.42 Å². The summed E-state index contributed by atoms with van der Waals surface area (Å²) in [5, 5.41) is 3.72. The minimum Gasteiger partial charge on any atom is -0.382 e. The minimum atomic E-state index is 0.480. The van der Waals surface area contributed by atoms with E-state index >= 15 is 0 Å². The summed E-state index contributed by atoms with van der Waals surface area (Å²) in [6, 6.07) is 9.34. The number of aryl methyl sites for hydroxylation is 1. The fourth-order valence-electron chi connectivity index (χ4n) is 2.81. The summed E-state index contributed by atoms with van der Waals surface area (Å²) >= 11 is 0. The molecule has 0 radical (unpaired) electrons. The van der Waals surface area contributed by atoms with Crippen LogP contribution in [-0.4, -0.2) is 19.3 Å². The number of benzene rings is 1. The molecule has 1 fully saturated rings. The first-order chi connectivity index (χ1) is 8.83. The van der Waals surface area contributed by atoms with Gasteiger partial charge in [0.25, 0.3) is 0 Å². The van der Waals surface area contributed by atoms with Crippen molar-refractivity contribution in [2.75, 3.05) is 12.4 Å². The normalized spacial score (nSPS) is 23.9. The molecule has 2 nitrogen and oxygen atoms in total. The molecule has 0 bridgehead atoms. The fraction of sp³-hybridized carbons (Fsp3) is 0.625. The van der Waals surface area contributed by atoms with Gasteiger partial charge in [0, 0.05) is 18.8 Å². The summed E-state index contributed by atoms with van der Waals surface area (Å²) in [6.45, 7) is 2.24. The van der Waals surface area contributed by atoms with Crippen molar-refractivity contribution >= 4 is 5.69 Å². The predicted octanol–water partition coefficient (Wildman–Crippen LogP) is 4.01. The van der Waals surface area contributed by atoms with E-state index in [9.17, 15) is 0 Å². The van der Waals surface area contributed by atoms with Gasteiger partial charge in [-0.15, -0.1) is 0 Å². The zero-order valence-electron chi connectivity index (χ0n) is 11.6. The first-order valence-corrected chi connectivity index (χ1v) is 7.20. The highest BCUT2D eigenvalue weighted by molar-refractivity contribution is 5.51. The van der Waals surface area contributed by atoms with Crippen LogP contribution in [0.25, 0.3) is 0 Å². The van der Waals surface area contributed by atoms with Crippen LogP contribution < -0.4 is 5.32 Å². The highest BCUT2D eigenvalue weighted by Gasteiger charge is 2.20. The van der Waals surface area contributed by atoms with Gasteiger partial charge in [-0.2, -0.15) is 0 Å². The molecule has 1 N–H and O–H groups in total. The molecule has 2 rings (SSSR count). The van der Waals surface area contributed by atoms with Crippen molar-refractivity contribution in [3.8, 4) is 0 Å². The summed E-state index contributed by atoms with van der Waals surface area (Å²) in [7, 11) is 1.83. The van der Waals surface area contributed by atoms with Gasteiger partial charge in [-0.1, -0.05) is 31.5 Å². The van der Waals surface area contributed by atoms with Gasteiger partial charge >= 0.3 is 0 Å². The molecule has 0 heterocycles. The number of para-hydroxylation sites is 1. The molecule has 1 aromatic rings. The van der Waals surface area contributed by atoms with Crippen LogP contribution >= 0.6 is 0 Å². The lowest BCUT2D eigenvalue weighted by molar-refractivity contribution is 0.0682. The smallest absolute Gasteiger partial charge is 0.0572 e. The molecule has 0 saturated heterocycles. The molecule has 1 aliphatic carbocycles. The van der Waals surface area contributed by atoms with Crippen molar-refractivity contribution in [1.82, 2.24) is 0 Å². The second-order valence-corrected chi connectivity index (χ2v) is 5.26. The van der Waals surface area contributed by atoms with Gasteiger partial charge in [-0.05, 0) is 43.7 Å². The third-order valence-electron chi connectivity index (χ3n) is 3.90. The van der Waals surface area contributed by atoms with Crippen LogP contribution in [-0.2, 0) is 11.2 Å². The van der Waals surface area contributed by atoms with Crippen LogP contribution in [0.1, 0.15) is 44.6 Å². The zero-order valence-corrected chi connectivity index (χ0v) is 11.6. The van der Waals surface area contributed by atoms with Crippen molar-refractivity contribution in [3.63, 3.8) is 0 Å². The third kappa shape index (κ3) is 3.49. The van der Waals surface area contributed by atoms with E-state index in [4.69, 9.17) is 4.74 Å². The standard InChI is InChI=1S/C16H25NO/c1-3-6-13-7-4-5-8-16(13)17-14-9-11-15(18-2)12-10-14/h4-5,7-8,14-15,17H,3,6,9-12H2,1-2H3. The van der Waals surface area contributed by atoms with E-state index in [0.29, 0.717) is 12.1 Å². The number of methoxy groups -OCH3 is 1. The van der Waals surface area contributed by atoms with E-state index in [1.165, 1.54) is 43.4 Å². The number of ether oxygens (including phenoxy) is 1. The maximum Gasteiger partial charge on any atom is 0.0572 e. The van der Waals surface area contributed by atoms with Gasteiger partial charge in [-0.3, -0.25) is 0 Å². The Balaban J connectivity index is 1.93. The topological polar surface area (TPSA) is 21.3 Å². The van der Waals surface area contributed by atoms with E-state index in [1.807, 2.05) is 7.11 Å². The van der Waals surface area contributed by atoms with Crippen LogP contribution in [0.2, 0.25) is 0 Å². The second-order valence-electron chi connectivity index (χ2n) is 5.26. The van der Waals surface area contributed by atoms with Crippen LogP contribution in [0.15, 0.2) is 24.3 Å². The van der Waals surface area contributed by atoms with Gasteiger partial charge in [0.15, 0.2) is 0 Å². The van der Waals surface area contributed by atoms with E-state index in [2.05, 4.69) is 36.5 Å². The molecule has 0 amide bonds. The van der Waals surface area contributed by atoms with Gasteiger partial charge in [0.05, 0.1) is 6.10 Å². The van der Waals surface area contributed by atoms with Crippen molar-refractivity contribution in [1.29, 1.82) is 0 Å². The third-order valence-corrected chi connectivity index (χ3v) is 3.90. The summed E-state index contributed by atoms with van der Waals surface area (Å²) in [4.78, 5) is 0. The van der Waals surface area contributed by atoms with Gasteiger partial charge < -0.3 is 10.1 Å². The Bertz CT molecular complexity index is 356. The highest BCUT2D eigenvalue weighted by Crippen LogP contribution is 2.25. The molecule has 100 valence electrons. The lowest BCUT2D eigenvalue weighted by Gasteiger charge is -2.29. The Morgan fingerprint density at radius 2 is 1.89 bits per heavy atom. The van der Waals surface area contributed by atoms with E-state index in [1.54, 1.807) is 0 Å². The molecule has 18 heavy (non-hydrogen) atoms. The fourth-order valence-corrected chi connectivity index (χ4v) is 2.81. The molecule has 2 heteroatoms. The van der Waals surface area contributed by atoms with Crippen LogP contribution in [0.3, 0.4) is 0 Å². The lowest BCUT2D eigenvalue weighted by Crippen LogP contribution is -2.29. The predicted molar refractivity (Wildman–Crippen MR) is 77.1 cm³/mol. The Morgan fingerprint density at radius 3 is 2.56 bits per heavy atom. The maximum absolute atomic E-state index is 5.42. The monoisotopic (exact) mass is 247 g/mol. The molecule has 0 spiro atoms. The molecule has 1 aromatic carbocycles. The summed E-state index contributed by atoms with van der Waals surface area (Å²) < 4.78 is 5.42. The minimum absolute atomic E-state index is 0.480. The van der Waals surface area contributed by atoms with Gasteiger partial charge in [0.1, 0.15) is 0 Å². The summed E-state index contributed by atoms with van der Waals surface area (Å²) in [5.41, 5.74) is 2.79. The molecule has 0 unspecified atom stereocenters. The summed E-state index contributed by atoms with van der Waals surface area (Å²) in [5.74, 6) is 0. The first-order valence-electron chi connectivity index (χ1n) is 7.20. The van der Waals surface area contributed by atoms with Crippen molar-refractivity contribution in [2.45, 2.75) is 57.6 Å². The van der Waals surface area contributed by atoms with Crippen molar-refractivity contribution in [2.24, 2.45) is 0 Å². The van der Waals surface area contributed by atoms with Gasteiger partial charge in [0.2, 0.25) is 0 Å². The number of anilines is 1. The Hall–Kier alpha value is -1.02. The Labute approximate surface area is 111 Å². The quantitative estimate of drug-likeness (QED) is 0.849. The molecule has 0 aromatic heterocycles. The molecular weight excluding hydrogens is 222 g/mol. The number of rotatable bonds is 5. The van der Waals surface area contributed by atoms with E-state index in [-0.39, 0.29) is 0 Å². The lowest BCUT2D eigenvalue weighted by atomic mass is 9.92. The molecule has 1 aliphatic rings. The zero-order chi connectivity index (χ0) is 12.8. The second kappa shape index (κ2) is 6.79. The summed E-state index contributed by atoms with van der Waals surface area (Å²) in [6.07, 6.45) is 7.66. The average Bonchev–Trinajstić information content (AvgIpc) is 2.42. The first kappa shape index (κ1) is 13.4. The van der Waals surface area contributed by atoms with Crippen LogP contribution in [0, 0.1) is 0 Å². The maximum atomic E-state index is 5.42. The Morgan fingerprint density at radius 1 is 1.17 bits per heavy atom. The highest BCUT2D eigenvalue weighted by atomic mass is 16.5. The van der Waals surface area contributed by atoms with Gasteiger partial charge in [-0.25, -0.2) is 0 Å². The molecule has 0 atom stereocenters. The largest absolute Gasteiger partial charge is 0.382 e. The molecule has 1 saturated carbocycles.